The Bertz CT molecular complexity index is 632. The minimum atomic E-state index is -0.428. The van der Waals surface area contributed by atoms with E-state index in [-0.39, 0.29) is 5.91 Å². The third-order valence-electron chi connectivity index (χ3n) is 3.10. The molecule has 0 radical (unpaired) electrons. The molecule has 0 fully saturated rings. The second-order valence-electron chi connectivity index (χ2n) is 5.23. The molecule has 0 aliphatic rings. The largest absolute Gasteiger partial charge is 0.342 e. The van der Waals surface area contributed by atoms with Crippen LogP contribution in [-0.2, 0) is 5.54 Å². The van der Waals surface area contributed by atoms with E-state index in [1.807, 2.05) is 52.0 Å². The van der Waals surface area contributed by atoms with Crippen molar-refractivity contribution in [2.75, 3.05) is 0 Å². The van der Waals surface area contributed by atoms with Gasteiger partial charge < -0.3 is 5.32 Å². The van der Waals surface area contributed by atoms with Crippen molar-refractivity contribution in [2.24, 2.45) is 0 Å². The van der Waals surface area contributed by atoms with E-state index >= 15 is 0 Å². The molecule has 1 heterocycles. The molecular weight excluding hydrogens is 336 g/mol. The quantitative estimate of drug-likeness (QED) is 0.899. The van der Waals surface area contributed by atoms with Gasteiger partial charge in [0.2, 0.25) is 0 Å². The second-order valence-corrected chi connectivity index (χ2v) is 7.35. The van der Waals surface area contributed by atoms with Crippen molar-refractivity contribution >= 4 is 33.2 Å². The van der Waals surface area contributed by atoms with Crippen LogP contribution in [0.3, 0.4) is 0 Å². The van der Waals surface area contributed by atoms with Gasteiger partial charge in [-0.2, -0.15) is 0 Å². The Morgan fingerprint density at radius 2 is 1.85 bits per heavy atom. The van der Waals surface area contributed by atoms with Crippen LogP contribution in [0.25, 0.3) is 0 Å². The van der Waals surface area contributed by atoms with E-state index < -0.39 is 5.54 Å². The molecule has 1 aromatic heterocycles. The lowest BCUT2D eigenvalue weighted by Gasteiger charge is -2.26. The highest BCUT2D eigenvalue weighted by Crippen LogP contribution is 2.24. The van der Waals surface area contributed by atoms with Crippen molar-refractivity contribution in [3.63, 3.8) is 0 Å². The minimum Gasteiger partial charge on any atom is -0.342 e. The van der Waals surface area contributed by atoms with Gasteiger partial charge in [0, 0.05) is 4.47 Å². The van der Waals surface area contributed by atoms with Crippen LogP contribution in [0.15, 0.2) is 28.7 Å². The maximum absolute atomic E-state index is 12.4. The van der Waals surface area contributed by atoms with Gasteiger partial charge in [0.1, 0.15) is 4.88 Å². The lowest BCUT2D eigenvalue weighted by Crippen LogP contribution is -2.40. The molecule has 0 unspecified atom stereocenters. The number of rotatable bonds is 3. The first-order valence-electron chi connectivity index (χ1n) is 6.32. The number of aryl methyl sites for hydroxylation is 2. The first kappa shape index (κ1) is 15.2. The smallest absolute Gasteiger partial charge is 0.263 e. The van der Waals surface area contributed by atoms with Crippen molar-refractivity contribution in [2.45, 2.75) is 33.2 Å². The van der Waals surface area contributed by atoms with Crippen molar-refractivity contribution < 1.29 is 4.79 Å². The molecule has 0 atom stereocenters. The number of carbonyl (C=O) groups excluding carboxylic acids is 1. The Kier molecular flexibility index (Phi) is 4.30. The summed E-state index contributed by atoms with van der Waals surface area (Å²) in [5, 5.41) is 3.99. The molecule has 2 rings (SSSR count). The SMILES string of the molecule is Cc1nc(C)c(C(=O)NC(C)(C)c2ccc(Br)cc2)s1. The average molecular weight is 353 g/mol. The van der Waals surface area contributed by atoms with Crippen LogP contribution in [0.5, 0.6) is 0 Å². The minimum absolute atomic E-state index is 0.0685. The lowest BCUT2D eigenvalue weighted by atomic mass is 9.94. The molecule has 0 bridgehead atoms. The fourth-order valence-corrected chi connectivity index (χ4v) is 3.10. The molecule has 20 heavy (non-hydrogen) atoms. The van der Waals surface area contributed by atoms with Gasteiger partial charge in [-0.3, -0.25) is 4.79 Å². The Hall–Kier alpha value is -1.20. The molecule has 5 heteroatoms. The van der Waals surface area contributed by atoms with Gasteiger partial charge in [-0.25, -0.2) is 4.98 Å². The predicted molar refractivity (Wildman–Crippen MR) is 86.2 cm³/mol. The molecule has 106 valence electrons. The van der Waals surface area contributed by atoms with Crippen LogP contribution in [0.2, 0.25) is 0 Å². The zero-order chi connectivity index (χ0) is 14.9. The number of hydrogen-bond acceptors (Lipinski definition) is 3. The predicted octanol–water partition coefficient (Wildman–Crippen LogP) is 4.19. The van der Waals surface area contributed by atoms with E-state index in [1.165, 1.54) is 11.3 Å². The van der Waals surface area contributed by atoms with Crippen LogP contribution >= 0.6 is 27.3 Å². The zero-order valence-electron chi connectivity index (χ0n) is 12.0. The summed E-state index contributed by atoms with van der Waals surface area (Å²) >= 11 is 4.85. The van der Waals surface area contributed by atoms with Gasteiger partial charge in [0.05, 0.1) is 16.2 Å². The number of nitrogens with one attached hydrogen (secondary N) is 1. The summed E-state index contributed by atoms with van der Waals surface area (Å²) in [4.78, 5) is 17.4. The number of thiazole rings is 1. The van der Waals surface area contributed by atoms with Gasteiger partial charge in [-0.05, 0) is 45.4 Å². The van der Waals surface area contributed by atoms with Crippen LogP contribution in [0.4, 0.5) is 0 Å². The van der Waals surface area contributed by atoms with Crippen LogP contribution < -0.4 is 5.32 Å². The summed E-state index contributed by atoms with van der Waals surface area (Å²) < 4.78 is 1.03. The standard InChI is InChI=1S/C15H17BrN2OS/c1-9-13(20-10(2)17-9)14(19)18-15(3,4)11-5-7-12(16)8-6-11/h5-8H,1-4H3,(H,18,19). The topological polar surface area (TPSA) is 42.0 Å². The summed E-state index contributed by atoms with van der Waals surface area (Å²) in [6.07, 6.45) is 0. The van der Waals surface area contributed by atoms with Crippen molar-refractivity contribution in [1.29, 1.82) is 0 Å². The molecule has 0 saturated carbocycles. The van der Waals surface area contributed by atoms with Crippen LogP contribution in [0.1, 0.15) is 39.8 Å². The van der Waals surface area contributed by atoms with E-state index in [0.29, 0.717) is 4.88 Å². The van der Waals surface area contributed by atoms with E-state index in [4.69, 9.17) is 0 Å². The monoisotopic (exact) mass is 352 g/mol. The molecule has 0 spiro atoms. The Balaban J connectivity index is 2.21. The van der Waals surface area contributed by atoms with Gasteiger partial charge in [0.25, 0.3) is 5.91 Å². The molecule has 3 nitrogen and oxygen atoms in total. The maximum atomic E-state index is 12.4. The third-order valence-corrected chi connectivity index (χ3v) is 4.70. The van der Waals surface area contributed by atoms with E-state index in [2.05, 4.69) is 26.2 Å². The van der Waals surface area contributed by atoms with Crippen LogP contribution in [-0.4, -0.2) is 10.9 Å². The first-order valence-corrected chi connectivity index (χ1v) is 7.93. The summed E-state index contributed by atoms with van der Waals surface area (Å²) in [5.74, 6) is -0.0685. The van der Waals surface area contributed by atoms with Gasteiger partial charge >= 0.3 is 0 Å². The Morgan fingerprint density at radius 1 is 1.25 bits per heavy atom. The van der Waals surface area contributed by atoms with Crippen LogP contribution in [0, 0.1) is 13.8 Å². The number of halogens is 1. The number of aromatic nitrogens is 1. The lowest BCUT2D eigenvalue weighted by molar-refractivity contribution is 0.0915. The first-order chi connectivity index (χ1) is 9.29. The van der Waals surface area contributed by atoms with Crippen molar-refractivity contribution in [1.82, 2.24) is 10.3 Å². The fraction of sp³-hybridized carbons (Fsp3) is 0.333. The number of hydrogen-bond donors (Lipinski definition) is 1. The Labute approximate surface area is 131 Å². The molecule has 1 aromatic carbocycles. The molecular formula is C15H17BrN2OS. The average Bonchev–Trinajstić information content (AvgIpc) is 2.68. The molecule has 0 saturated heterocycles. The molecule has 0 aliphatic carbocycles. The summed E-state index contributed by atoms with van der Waals surface area (Å²) in [6.45, 7) is 7.77. The normalized spacial score (nSPS) is 11.4. The summed E-state index contributed by atoms with van der Waals surface area (Å²) in [7, 11) is 0. The van der Waals surface area contributed by atoms with Gasteiger partial charge in [-0.15, -0.1) is 11.3 Å². The number of nitrogens with zero attached hydrogens (tertiary/aromatic N) is 1. The Morgan fingerprint density at radius 3 is 2.35 bits per heavy atom. The van der Waals surface area contributed by atoms with E-state index in [0.717, 1.165) is 20.7 Å². The highest BCUT2D eigenvalue weighted by molar-refractivity contribution is 9.10. The van der Waals surface area contributed by atoms with Gasteiger partial charge in [-0.1, -0.05) is 28.1 Å². The number of carbonyl (C=O) groups is 1. The van der Waals surface area contributed by atoms with E-state index in [1.54, 1.807) is 0 Å². The van der Waals surface area contributed by atoms with E-state index in [9.17, 15) is 4.79 Å². The summed E-state index contributed by atoms with van der Waals surface area (Å²) in [6, 6.07) is 7.97. The third kappa shape index (κ3) is 3.27. The molecule has 1 N–H and O–H groups in total. The molecule has 2 aromatic rings. The highest BCUT2D eigenvalue weighted by atomic mass is 79.9. The van der Waals surface area contributed by atoms with Gasteiger partial charge in [0.15, 0.2) is 0 Å². The maximum Gasteiger partial charge on any atom is 0.263 e. The van der Waals surface area contributed by atoms with Crippen molar-refractivity contribution in [3.8, 4) is 0 Å². The fourth-order valence-electron chi connectivity index (χ4n) is 2.02. The van der Waals surface area contributed by atoms with Crippen molar-refractivity contribution in [3.05, 3.63) is 49.9 Å². The molecule has 0 aliphatic heterocycles. The highest BCUT2D eigenvalue weighted by Gasteiger charge is 2.25. The number of benzene rings is 1. The molecule has 1 amide bonds. The summed E-state index contributed by atoms with van der Waals surface area (Å²) in [5.41, 5.74) is 1.42. The zero-order valence-corrected chi connectivity index (χ0v) is 14.4. The second kappa shape index (κ2) is 5.66. The number of amides is 1.